The molecule has 1 fully saturated rings. The number of alkyl halides is 3. The quantitative estimate of drug-likeness (QED) is 0.315. The lowest BCUT2D eigenvalue weighted by Gasteiger charge is -2.32. The number of aliphatic hydroxyl groups is 1. The molecule has 1 unspecified atom stereocenters. The highest BCUT2D eigenvalue weighted by Gasteiger charge is 2.57. The van der Waals surface area contributed by atoms with Crippen LogP contribution in [0, 0.1) is 11.7 Å². The molecule has 1 amide bonds. The highest BCUT2D eigenvalue weighted by atomic mass is 19.4. The average Bonchev–Trinajstić information content (AvgIpc) is 3.72. The number of carbonyl (C=O) groups excluding carboxylic acids is 1. The van der Waals surface area contributed by atoms with Gasteiger partial charge in [0, 0.05) is 29.3 Å². The first-order valence-corrected chi connectivity index (χ1v) is 13.0. The third kappa shape index (κ3) is 5.82. The molecule has 1 aliphatic heterocycles. The zero-order valence-electron chi connectivity index (χ0n) is 22.4. The van der Waals surface area contributed by atoms with Crippen LogP contribution >= 0.6 is 0 Å². The van der Waals surface area contributed by atoms with Gasteiger partial charge in [0.15, 0.2) is 0 Å². The number of carbonyl (C=O) groups is 1. The van der Waals surface area contributed by atoms with Gasteiger partial charge in [0.05, 0.1) is 26.0 Å². The maximum absolute atomic E-state index is 14.6. The van der Waals surface area contributed by atoms with Crippen molar-refractivity contribution in [3.05, 3.63) is 65.4 Å². The summed E-state index contributed by atoms with van der Waals surface area (Å²) in [5.74, 6) is -0.673. The molecule has 2 aliphatic rings. The molecule has 1 aromatic carbocycles. The van der Waals surface area contributed by atoms with Crippen LogP contribution in [0.5, 0.6) is 11.8 Å². The van der Waals surface area contributed by atoms with Crippen molar-refractivity contribution < 1.29 is 36.9 Å². The fourth-order valence-electron chi connectivity index (χ4n) is 4.67. The Kier molecular flexibility index (Phi) is 7.60. The van der Waals surface area contributed by atoms with Crippen LogP contribution in [0.3, 0.4) is 0 Å². The first-order chi connectivity index (χ1) is 19.4. The van der Waals surface area contributed by atoms with Gasteiger partial charge < -0.3 is 25.2 Å². The van der Waals surface area contributed by atoms with Crippen molar-refractivity contribution in [1.29, 1.82) is 0 Å². The van der Waals surface area contributed by atoms with E-state index in [4.69, 9.17) is 9.47 Å². The van der Waals surface area contributed by atoms with Crippen molar-refractivity contribution in [1.82, 2.24) is 25.6 Å². The Hall–Kier alpha value is -3.84. The summed E-state index contributed by atoms with van der Waals surface area (Å²) >= 11 is 0. The second-order valence-corrected chi connectivity index (χ2v) is 10.6. The van der Waals surface area contributed by atoms with Crippen molar-refractivity contribution in [2.24, 2.45) is 5.92 Å². The Bertz CT molecular complexity index is 1430. The molecule has 41 heavy (non-hydrogen) atoms. The molecular weight excluding hydrogens is 546 g/mol. The van der Waals surface area contributed by atoms with Crippen molar-refractivity contribution in [3.8, 4) is 23.0 Å². The van der Waals surface area contributed by atoms with Crippen molar-refractivity contribution in [3.63, 3.8) is 0 Å². The predicted molar refractivity (Wildman–Crippen MR) is 139 cm³/mol. The summed E-state index contributed by atoms with van der Waals surface area (Å²) < 4.78 is 68.4. The van der Waals surface area contributed by atoms with Crippen LogP contribution in [0.2, 0.25) is 0 Å². The molecule has 0 saturated heterocycles. The number of aromatic nitrogens is 3. The van der Waals surface area contributed by atoms with Crippen molar-refractivity contribution in [2.45, 2.75) is 37.0 Å². The van der Waals surface area contributed by atoms with E-state index in [2.05, 4.69) is 25.6 Å². The summed E-state index contributed by atoms with van der Waals surface area (Å²) in [6.45, 7) is 1.96. The van der Waals surface area contributed by atoms with Gasteiger partial charge in [-0.1, -0.05) is 6.92 Å². The minimum atomic E-state index is -5.25. The van der Waals surface area contributed by atoms with Gasteiger partial charge >= 0.3 is 12.2 Å². The molecule has 3 aromatic rings. The minimum absolute atomic E-state index is 0.0259. The third-order valence-electron chi connectivity index (χ3n) is 7.37. The van der Waals surface area contributed by atoms with Gasteiger partial charge in [0.1, 0.15) is 23.0 Å². The van der Waals surface area contributed by atoms with E-state index in [1.807, 2.05) is 6.92 Å². The Labute approximate surface area is 233 Å². The number of amides is 1. The third-order valence-corrected chi connectivity index (χ3v) is 7.37. The van der Waals surface area contributed by atoms with E-state index in [1.165, 1.54) is 37.6 Å². The maximum atomic E-state index is 14.6. The molecular formula is C28H29F4N5O4. The fraction of sp³-hybridized carbons (Fsp3) is 0.429. The van der Waals surface area contributed by atoms with Gasteiger partial charge in [-0.15, -0.1) is 0 Å². The number of halogens is 4. The van der Waals surface area contributed by atoms with Gasteiger partial charge in [-0.05, 0) is 61.7 Å². The molecule has 0 radical (unpaired) electrons. The number of fused-ring (bicyclic) bond motifs is 1. The summed E-state index contributed by atoms with van der Waals surface area (Å²) in [5.41, 5.74) is -4.57. The van der Waals surface area contributed by atoms with E-state index in [9.17, 15) is 27.5 Å². The molecule has 0 spiro atoms. The van der Waals surface area contributed by atoms with Crippen LogP contribution in [-0.2, 0) is 11.0 Å². The Morgan fingerprint density at radius 1 is 1.20 bits per heavy atom. The van der Waals surface area contributed by atoms with Crippen LogP contribution in [0.4, 0.5) is 17.6 Å². The number of hydrogen-bond acceptors (Lipinski definition) is 8. The molecule has 3 N–H and O–H groups in total. The lowest BCUT2D eigenvalue weighted by molar-refractivity contribution is -0.265. The lowest BCUT2D eigenvalue weighted by Crippen LogP contribution is -2.51. The first kappa shape index (κ1) is 28.7. The monoisotopic (exact) mass is 575 g/mol. The van der Waals surface area contributed by atoms with E-state index in [0.29, 0.717) is 23.6 Å². The number of methoxy groups -OCH3 is 1. The molecule has 3 heterocycles. The number of benzene rings is 1. The van der Waals surface area contributed by atoms with E-state index in [-0.39, 0.29) is 29.8 Å². The molecule has 218 valence electrons. The van der Waals surface area contributed by atoms with Gasteiger partial charge in [-0.3, -0.25) is 4.79 Å². The Morgan fingerprint density at radius 2 is 1.93 bits per heavy atom. The van der Waals surface area contributed by atoms with E-state index in [0.717, 1.165) is 31.5 Å². The van der Waals surface area contributed by atoms with Crippen LogP contribution in [0.15, 0.2) is 42.6 Å². The maximum Gasteiger partial charge on any atom is 0.424 e. The Morgan fingerprint density at radius 3 is 2.59 bits per heavy atom. The van der Waals surface area contributed by atoms with Crippen molar-refractivity contribution in [2.75, 3.05) is 33.4 Å². The standard InChI is InChI=1S/C28H29F4N5O4/c1-26(13-33-12-16-3-4-16)15-41-23-19(26)11-21(37-22(23)17-5-7-18(29)8-6-17)27(39,28(30,31)32)14-35-24(38)20-9-10-34-25(36-20)40-2/h5-11,16,33,39H,3-4,12-15H2,1-2H3,(H,35,38)/t26-,27?/m0/s1. The number of ether oxygens (including phenoxy) is 2. The molecule has 13 heteroatoms. The van der Waals surface area contributed by atoms with Gasteiger partial charge in [0.25, 0.3) is 5.91 Å². The smallest absolute Gasteiger partial charge is 0.424 e. The average molecular weight is 576 g/mol. The summed E-state index contributed by atoms with van der Waals surface area (Å²) in [5, 5.41) is 16.7. The fourth-order valence-corrected chi connectivity index (χ4v) is 4.67. The molecule has 1 saturated carbocycles. The molecule has 2 aromatic heterocycles. The highest BCUT2D eigenvalue weighted by molar-refractivity contribution is 5.92. The van der Waals surface area contributed by atoms with Crippen LogP contribution in [-0.4, -0.2) is 65.5 Å². The lowest BCUT2D eigenvalue weighted by atomic mass is 9.82. The molecule has 1 aliphatic carbocycles. The molecule has 0 bridgehead atoms. The predicted octanol–water partition coefficient (Wildman–Crippen LogP) is 3.52. The molecule has 5 rings (SSSR count). The molecule has 9 nitrogen and oxygen atoms in total. The van der Waals surface area contributed by atoms with Crippen LogP contribution < -0.4 is 20.1 Å². The summed E-state index contributed by atoms with van der Waals surface area (Å²) in [6, 6.07) is 7.30. The van der Waals surface area contributed by atoms with Crippen LogP contribution in [0.25, 0.3) is 11.3 Å². The summed E-state index contributed by atoms with van der Waals surface area (Å²) in [6.07, 6.45) is -1.77. The second-order valence-electron chi connectivity index (χ2n) is 10.6. The number of hydrogen-bond donors (Lipinski definition) is 3. The van der Waals surface area contributed by atoms with Crippen LogP contribution in [0.1, 0.15) is 41.5 Å². The van der Waals surface area contributed by atoms with E-state index >= 15 is 0 Å². The van der Waals surface area contributed by atoms with Gasteiger partial charge in [0.2, 0.25) is 5.60 Å². The Balaban J connectivity index is 1.54. The van der Waals surface area contributed by atoms with Gasteiger partial charge in [-0.2, -0.15) is 18.2 Å². The highest BCUT2D eigenvalue weighted by Crippen LogP contribution is 2.47. The van der Waals surface area contributed by atoms with Gasteiger partial charge in [-0.25, -0.2) is 14.4 Å². The minimum Gasteiger partial charge on any atom is -0.490 e. The number of nitrogens with one attached hydrogen (secondary N) is 2. The number of nitrogens with zero attached hydrogens (tertiary/aromatic N) is 3. The normalized spacial score (nSPS) is 19.7. The van der Waals surface area contributed by atoms with E-state index in [1.54, 1.807) is 0 Å². The molecule has 2 atom stereocenters. The first-order valence-electron chi connectivity index (χ1n) is 13.0. The summed E-state index contributed by atoms with van der Waals surface area (Å²) in [7, 11) is 1.27. The van der Waals surface area contributed by atoms with E-state index < -0.39 is 41.2 Å². The number of pyridine rings is 1. The van der Waals surface area contributed by atoms with Crippen molar-refractivity contribution >= 4 is 5.91 Å². The zero-order valence-corrected chi connectivity index (χ0v) is 22.4. The SMILES string of the molecule is COc1nccc(C(=O)NCC(O)(c2cc3c(c(-c4ccc(F)cc4)n2)OC[C@]3(C)CNCC2CC2)C(F)(F)F)n1. The summed E-state index contributed by atoms with van der Waals surface area (Å²) in [4.78, 5) is 24.5. The largest absolute Gasteiger partial charge is 0.490 e. The topological polar surface area (TPSA) is 118 Å². The zero-order chi connectivity index (χ0) is 29.4. The second kappa shape index (κ2) is 10.9. The number of rotatable bonds is 10.